The van der Waals surface area contributed by atoms with Crippen LogP contribution in [-0.4, -0.2) is 45.9 Å². The van der Waals surface area contributed by atoms with Gasteiger partial charge in [-0.05, 0) is 65.8 Å². The Hall–Kier alpha value is -1.32. The molecule has 3 rings (SSSR count). The van der Waals surface area contributed by atoms with E-state index >= 15 is 0 Å². The Morgan fingerprint density at radius 3 is 2.53 bits per heavy atom. The second-order valence-electron chi connectivity index (χ2n) is 7.66. The van der Waals surface area contributed by atoms with Gasteiger partial charge in [0, 0.05) is 31.7 Å². The van der Waals surface area contributed by atoms with Crippen molar-refractivity contribution in [1.29, 1.82) is 0 Å². The fourth-order valence-electron chi connectivity index (χ4n) is 3.74. The van der Waals surface area contributed by atoms with Crippen molar-refractivity contribution >= 4 is 41.3 Å². The molecular weight excluding hydrogens is 509 g/mol. The van der Waals surface area contributed by atoms with Crippen LogP contribution in [0.3, 0.4) is 0 Å². The number of nitrogens with one attached hydrogen (secondary N) is 2. The van der Waals surface area contributed by atoms with E-state index in [2.05, 4.69) is 53.4 Å². The molecule has 0 amide bonds. The largest absolute Gasteiger partial charge is 0.497 e. The number of guanidine groups is 1. The van der Waals surface area contributed by atoms with Crippen LogP contribution >= 0.6 is 35.3 Å². The SMILES string of the molecule is CCNC(=NCC1(c2ccc(OC)cc2)CCOCC1)NCC(C)c1ccsc1.I. The van der Waals surface area contributed by atoms with Gasteiger partial charge in [0.05, 0.1) is 13.7 Å². The molecule has 0 spiro atoms. The van der Waals surface area contributed by atoms with E-state index in [9.17, 15) is 0 Å². The molecule has 0 aliphatic carbocycles. The molecule has 7 heteroatoms. The van der Waals surface area contributed by atoms with Gasteiger partial charge < -0.3 is 20.1 Å². The average Bonchev–Trinajstić information content (AvgIpc) is 3.31. The number of methoxy groups -OCH3 is 1. The molecular formula is C23H34IN3O2S. The van der Waals surface area contributed by atoms with Crippen LogP contribution in [0, 0.1) is 0 Å². The van der Waals surface area contributed by atoms with Crippen LogP contribution in [-0.2, 0) is 10.2 Å². The molecule has 1 aromatic heterocycles. The number of rotatable bonds is 8. The molecule has 1 aromatic carbocycles. The summed E-state index contributed by atoms with van der Waals surface area (Å²) in [5.74, 6) is 2.22. The van der Waals surface area contributed by atoms with E-state index in [-0.39, 0.29) is 29.4 Å². The molecule has 1 aliphatic rings. The normalized spacial score (nSPS) is 17.0. The summed E-state index contributed by atoms with van der Waals surface area (Å²) in [6, 6.07) is 10.6. The van der Waals surface area contributed by atoms with Gasteiger partial charge in [0.1, 0.15) is 5.75 Å². The Bertz CT molecular complexity index is 759. The lowest BCUT2D eigenvalue weighted by atomic mass is 9.74. The second-order valence-corrected chi connectivity index (χ2v) is 8.44. The van der Waals surface area contributed by atoms with Gasteiger partial charge in [0.25, 0.3) is 0 Å². The Kier molecular flexibility index (Phi) is 10.4. The minimum Gasteiger partial charge on any atom is -0.497 e. The van der Waals surface area contributed by atoms with Crippen molar-refractivity contribution in [2.75, 3.05) is 40.0 Å². The molecule has 1 unspecified atom stereocenters. The third kappa shape index (κ3) is 6.59. The fourth-order valence-corrected chi connectivity index (χ4v) is 4.52. The number of hydrogen-bond acceptors (Lipinski definition) is 4. The van der Waals surface area contributed by atoms with Crippen molar-refractivity contribution in [2.24, 2.45) is 4.99 Å². The number of aliphatic imine (C=N–C) groups is 1. The molecule has 1 saturated heterocycles. The minimum absolute atomic E-state index is 0. The summed E-state index contributed by atoms with van der Waals surface area (Å²) in [4.78, 5) is 4.99. The van der Waals surface area contributed by atoms with Crippen molar-refractivity contribution < 1.29 is 9.47 Å². The summed E-state index contributed by atoms with van der Waals surface area (Å²) < 4.78 is 11.0. The summed E-state index contributed by atoms with van der Waals surface area (Å²) in [6.45, 7) is 8.36. The summed E-state index contributed by atoms with van der Waals surface area (Å²) >= 11 is 1.75. The van der Waals surface area contributed by atoms with Crippen LogP contribution < -0.4 is 15.4 Å². The maximum atomic E-state index is 5.66. The van der Waals surface area contributed by atoms with Gasteiger partial charge in [-0.25, -0.2) is 0 Å². The molecule has 1 fully saturated rings. The van der Waals surface area contributed by atoms with Gasteiger partial charge in [-0.3, -0.25) is 4.99 Å². The van der Waals surface area contributed by atoms with Gasteiger partial charge >= 0.3 is 0 Å². The first-order valence-corrected chi connectivity index (χ1v) is 11.4. The molecule has 2 heterocycles. The Morgan fingerprint density at radius 1 is 1.20 bits per heavy atom. The highest BCUT2D eigenvalue weighted by molar-refractivity contribution is 14.0. The van der Waals surface area contributed by atoms with Crippen LogP contribution in [0.15, 0.2) is 46.1 Å². The third-order valence-corrected chi connectivity index (χ3v) is 6.43. The zero-order chi connectivity index (χ0) is 20.5. The predicted octanol–water partition coefficient (Wildman–Crippen LogP) is 4.78. The highest BCUT2D eigenvalue weighted by Crippen LogP contribution is 2.36. The molecule has 166 valence electrons. The van der Waals surface area contributed by atoms with Crippen molar-refractivity contribution in [1.82, 2.24) is 10.6 Å². The number of nitrogens with zero attached hydrogens (tertiary/aromatic N) is 1. The van der Waals surface area contributed by atoms with Crippen molar-refractivity contribution in [3.05, 3.63) is 52.2 Å². The molecule has 2 aromatic rings. The first-order chi connectivity index (χ1) is 14.2. The maximum Gasteiger partial charge on any atom is 0.191 e. The Morgan fingerprint density at radius 2 is 1.93 bits per heavy atom. The Labute approximate surface area is 201 Å². The number of hydrogen-bond donors (Lipinski definition) is 2. The fraction of sp³-hybridized carbons (Fsp3) is 0.522. The van der Waals surface area contributed by atoms with Crippen LogP contribution in [0.25, 0.3) is 0 Å². The van der Waals surface area contributed by atoms with Gasteiger partial charge in [-0.1, -0.05) is 19.1 Å². The van der Waals surface area contributed by atoms with Gasteiger partial charge in [0.15, 0.2) is 5.96 Å². The summed E-state index contributed by atoms with van der Waals surface area (Å²) in [5, 5.41) is 11.3. The third-order valence-electron chi connectivity index (χ3n) is 5.72. The lowest BCUT2D eigenvalue weighted by molar-refractivity contribution is 0.0531. The molecule has 1 aliphatic heterocycles. The number of halogens is 1. The second kappa shape index (κ2) is 12.5. The zero-order valence-corrected chi connectivity index (χ0v) is 21.3. The standard InChI is InChI=1S/C23H33N3O2S.HI/c1-4-24-22(25-15-18(2)19-9-14-29-16-19)26-17-23(10-12-28-13-11-23)20-5-7-21(27-3)8-6-20;/h5-9,14,16,18H,4,10-13,15,17H2,1-3H3,(H2,24,25,26);1H. The molecule has 30 heavy (non-hydrogen) atoms. The van der Waals surface area contributed by atoms with E-state index < -0.39 is 0 Å². The van der Waals surface area contributed by atoms with E-state index in [0.717, 1.165) is 57.4 Å². The molecule has 5 nitrogen and oxygen atoms in total. The van der Waals surface area contributed by atoms with E-state index in [0.29, 0.717) is 5.92 Å². The topological polar surface area (TPSA) is 54.9 Å². The van der Waals surface area contributed by atoms with E-state index in [1.54, 1.807) is 18.4 Å². The van der Waals surface area contributed by atoms with Crippen LogP contribution in [0.2, 0.25) is 0 Å². The van der Waals surface area contributed by atoms with E-state index in [4.69, 9.17) is 14.5 Å². The van der Waals surface area contributed by atoms with Gasteiger partial charge in [0.2, 0.25) is 0 Å². The number of benzene rings is 1. The van der Waals surface area contributed by atoms with Gasteiger partial charge in [-0.2, -0.15) is 11.3 Å². The molecule has 0 saturated carbocycles. The molecule has 0 bridgehead atoms. The van der Waals surface area contributed by atoms with Crippen LogP contribution in [0.4, 0.5) is 0 Å². The summed E-state index contributed by atoms with van der Waals surface area (Å²) in [6.07, 6.45) is 1.96. The predicted molar refractivity (Wildman–Crippen MR) is 137 cm³/mol. The lowest BCUT2D eigenvalue weighted by Crippen LogP contribution is -2.42. The quantitative estimate of drug-likeness (QED) is 0.286. The van der Waals surface area contributed by atoms with Crippen LogP contribution in [0.5, 0.6) is 5.75 Å². The molecule has 2 N–H and O–H groups in total. The van der Waals surface area contributed by atoms with Crippen molar-refractivity contribution in [2.45, 2.75) is 38.0 Å². The first-order valence-electron chi connectivity index (χ1n) is 10.4. The lowest BCUT2D eigenvalue weighted by Gasteiger charge is -2.36. The smallest absolute Gasteiger partial charge is 0.191 e. The van der Waals surface area contributed by atoms with Crippen LogP contribution in [0.1, 0.15) is 43.7 Å². The average molecular weight is 544 g/mol. The molecule has 0 radical (unpaired) electrons. The summed E-state index contributed by atoms with van der Waals surface area (Å²) in [7, 11) is 1.70. The Balaban J connectivity index is 0.00000320. The summed E-state index contributed by atoms with van der Waals surface area (Å²) in [5.41, 5.74) is 2.69. The number of ether oxygens (including phenoxy) is 2. The molecule has 1 atom stereocenters. The van der Waals surface area contributed by atoms with Crippen molar-refractivity contribution in [3.63, 3.8) is 0 Å². The van der Waals surface area contributed by atoms with Crippen molar-refractivity contribution in [3.8, 4) is 5.75 Å². The zero-order valence-electron chi connectivity index (χ0n) is 18.1. The minimum atomic E-state index is 0. The highest BCUT2D eigenvalue weighted by atomic mass is 127. The van der Waals surface area contributed by atoms with Gasteiger partial charge in [-0.15, -0.1) is 24.0 Å². The van der Waals surface area contributed by atoms with E-state index in [1.165, 1.54) is 11.1 Å². The highest BCUT2D eigenvalue weighted by Gasteiger charge is 2.34. The van der Waals surface area contributed by atoms with E-state index in [1.807, 2.05) is 12.1 Å². The number of thiophene rings is 1. The monoisotopic (exact) mass is 543 g/mol. The first kappa shape index (κ1) is 24.9. The maximum absolute atomic E-state index is 5.66.